The smallest absolute Gasteiger partial charge is 0.135 e. The molecule has 0 amide bonds. The van der Waals surface area contributed by atoms with Crippen molar-refractivity contribution in [2.75, 3.05) is 4.90 Å². The van der Waals surface area contributed by atoms with Crippen molar-refractivity contribution >= 4 is 81.3 Å². The first-order valence-corrected chi connectivity index (χ1v) is 19.5. The lowest BCUT2D eigenvalue weighted by molar-refractivity contribution is 0.669. The van der Waals surface area contributed by atoms with Crippen molar-refractivity contribution in [1.82, 2.24) is 0 Å². The van der Waals surface area contributed by atoms with E-state index in [0.29, 0.717) is 0 Å². The van der Waals surface area contributed by atoms with Gasteiger partial charge in [0.25, 0.3) is 0 Å². The maximum atomic E-state index is 6.34. The van der Waals surface area contributed by atoms with Gasteiger partial charge in [-0.2, -0.15) is 0 Å². The second-order valence-corrected chi connectivity index (χ2v) is 15.1. The van der Waals surface area contributed by atoms with E-state index in [4.69, 9.17) is 4.42 Å². The Kier molecular flexibility index (Phi) is 7.39. The minimum Gasteiger partial charge on any atom is -0.456 e. The van der Waals surface area contributed by atoms with Crippen LogP contribution in [-0.4, -0.2) is 0 Å². The van der Waals surface area contributed by atoms with Crippen molar-refractivity contribution in [2.45, 2.75) is 0 Å². The molecule has 0 saturated carbocycles. The normalized spacial score (nSPS) is 11.6. The van der Waals surface area contributed by atoms with Gasteiger partial charge in [0, 0.05) is 47.7 Å². The fraction of sp³-hybridized carbons (Fsp3) is 0. The number of thiophene rings is 1. The molecule has 0 spiro atoms. The monoisotopic (exact) mass is 719 g/mol. The van der Waals surface area contributed by atoms with E-state index in [1.54, 1.807) is 0 Å². The van der Waals surface area contributed by atoms with Crippen LogP contribution in [0.3, 0.4) is 0 Å². The molecule has 9 aromatic carbocycles. The SMILES string of the molecule is c1ccc(-c2cc(-c3cccc4c3sc3ccccc34)cc(N(c3ccc4oc5ccccc5c4c3)c3ccc(-c4ccccc4)c4ccccc34)c2)cc1. The second-order valence-electron chi connectivity index (χ2n) is 14.1. The first kappa shape index (κ1) is 31.6. The number of para-hydroxylation sites is 1. The van der Waals surface area contributed by atoms with E-state index >= 15 is 0 Å². The van der Waals surface area contributed by atoms with Crippen LogP contribution in [0.25, 0.3) is 86.3 Å². The first-order valence-electron chi connectivity index (χ1n) is 18.7. The Balaban J connectivity index is 1.21. The highest BCUT2D eigenvalue weighted by Gasteiger charge is 2.21. The topological polar surface area (TPSA) is 16.4 Å². The summed E-state index contributed by atoms with van der Waals surface area (Å²) >= 11 is 1.87. The van der Waals surface area contributed by atoms with Gasteiger partial charge in [-0.3, -0.25) is 0 Å². The van der Waals surface area contributed by atoms with Crippen LogP contribution in [0.5, 0.6) is 0 Å². The number of hydrogen-bond donors (Lipinski definition) is 0. The Morgan fingerprint density at radius 1 is 0.345 bits per heavy atom. The molecular weight excluding hydrogens is 687 g/mol. The van der Waals surface area contributed by atoms with Crippen LogP contribution in [-0.2, 0) is 0 Å². The van der Waals surface area contributed by atoms with Crippen molar-refractivity contribution in [3.8, 4) is 33.4 Å². The van der Waals surface area contributed by atoms with Gasteiger partial charge in [-0.05, 0) is 93.4 Å². The van der Waals surface area contributed by atoms with Gasteiger partial charge in [0.2, 0.25) is 0 Å². The molecule has 2 aromatic heterocycles. The molecule has 258 valence electrons. The highest BCUT2D eigenvalue weighted by Crippen LogP contribution is 2.47. The largest absolute Gasteiger partial charge is 0.456 e. The van der Waals surface area contributed by atoms with Crippen molar-refractivity contribution in [2.24, 2.45) is 0 Å². The van der Waals surface area contributed by atoms with E-state index in [0.717, 1.165) is 44.6 Å². The van der Waals surface area contributed by atoms with Crippen LogP contribution >= 0.6 is 11.3 Å². The Morgan fingerprint density at radius 3 is 1.84 bits per heavy atom. The zero-order valence-electron chi connectivity index (χ0n) is 29.8. The molecule has 2 nitrogen and oxygen atoms in total. The fourth-order valence-corrected chi connectivity index (χ4v) is 9.53. The third kappa shape index (κ3) is 5.32. The van der Waals surface area contributed by atoms with Gasteiger partial charge < -0.3 is 9.32 Å². The minimum absolute atomic E-state index is 0.879. The molecule has 0 bridgehead atoms. The summed E-state index contributed by atoms with van der Waals surface area (Å²) in [6.45, 7) is 0. The molecule has 0 saturated heterocycles. The van der Waals surface area contributed by atoms with Crippen molar-refractivity contribution in [3.63, 3.8) is 0 Å². The molecule has 55 heavy (non-hydrogen) atoms. The molecule has 2 heterocycles. The summed E-state index contributed by atoms with van der Waals surface area (Å²) < 4.78 is 8.94. The van der Waals surface area contributed by atoms with E-state index in [1.807, 2.05) is 23.5 Å². The number of nitrogens with zero attached hydrogens (tertiary/aromatic N) is 1. The molecule has 0 aliphatic carbocycles. The van der Waals surface area contributed by atoms with Crippen LogP contribution in [0.1, 0.15) is 0 Å². The molecule has 0 radical (unpaired) electrons. The molecule has 0 atom stereocenters. The molecule has 0 aliphatic heterocycles. The summed E-state index contributed by atoms with van der Waals surface area (Å²) in [5.41, 5.74) is 12.2. The van der Waals surface area contributed by atoms with Gasteiger partial charge in [0.05, 0.1) is 5.69 Å². The lowest BCUT2D eigenvalue weighted by atomic mass is 9.94. The van der Waals surface area contributed by atoms with Crippen LogP contribution in [0.15, 0.2) is 205 Å². The van der Waals surface area contributed by atoms with Gasteiger partial charge in [0.1, 0.15) is 11.2 Å². The lowest BCUT2D eigenvalue weighted by Crippen LogP contribution is -2.11. The van der Waals surface area contributed by atoms with E-state index in [1.165, 1.54) is 58.8 Å². The standard InChI is InChI=1S/C52H33NOS/c1-3-14-34(15-4-1)36-30-37(41-22-13-23-46-45-21-10-12-25-51(45)55-52(41)46)32-39(31-36)53(38-26-29-50-47(33-38)44-20-9-11-24-49(44)54-50)48-28-27-40(35-16-5-2-6-17-35)42-18-7-8-19-43(42)48/h1-33H. The third-order valence-corrected chi connectivity index (χ3v) is 12.1. The lowest BCUT2D eigenvalue weighted by Gasteiger charge is -2.29. The average Bonchev–Trinajstić information content (AvgIpc) is 3.83. The third-order valence-electron chi connectivity index (χ3n) is 10.8. The number of furan rings is 1. The summed E-state index contributed by atoms with van der Waals surface area (Å²) in [5.74, 6) is 0. The molecule has 11 aromatic rings. The van der Waals surface area contributed by atoms with E-state index in [-0.39, 0.29) is 0 Å². The Labute approximate surface area is 322 Å². The van der Waals surface area contributed by atoms with E-state index < -0.39 is 0 Å². The Hall–Kier alpha value is -6.94. The summed E-state index contributed by atoms with van der Waals surface area (Å²) in [6.07, 6.45) is 0. The molecule has 0 aliphatic rings. The number of fused-ring (bicyclic) bond motifs is 7. The van der Waals surface area contributed by atoms with Crippen LogP contribution in [0, 0.1) is 0 Å². The summed E-state index contributed by atoms with van der Waals surface area (Å²) in [4.78, 5) is 2.44. The van der Waals surface area contributed by atoms with Crippen molar-refractivity contribution in [3.05, 3.63) is 200 Å². The number of anilines is 3. The number of hydrogen-bond acceptors (Lipinski definition) is 3. The predicted octanol–water partition coefficient (Wildman–Crippen LogP) is 15.6. The van der Waals surface area contributed by atoms with Crippen LogP contribution in [0.4, 0.5) is 17.1 Å². The first-order chi connectivity index (χ1) is 27.3. The Bertz CT molecular complexity index is 3210. The minimum atomic E-state index is 0.879. The Morgan fingerprint density at radius 2 is 1.00 bits per heavy atom. The van der Waals surface area contributed by atoms with Crippen LogP contribution in [0.2, 0.25) is 0 Å². The quantitative estimate of drug-likeness (QED) is 0.170. The summed E-state index contributed by atoms with van der Waals surface area (Å²) in [7, 11) is 0. The van der Waals surface area contributed by atoms with Crippen molar-refractivity contribution < 1.29 is 4.42 Å². The predicted molar refractivity (Wildman–Crippen MR) is 235 cm³/mol. The zero-order valence-corrected chi connectivity index (χ0v) is 30.6. The second kappa shape index (κ2) is 12.9. The fourth-order valence-electron chi connectivity index (χ4n) is 8.30. The zero-order chi connectivity index (χ0) is 36.3. The molecule has 0 N–H and O–H groups in total. The van der Waals surface area contributed by atoms with Crippen molar-refractivity contribution in [1.29, 1.82) is 0 Å². The van der Waals surface area contributed by atoms with Crippen LogP contribution < -0.4 is 4.90 Å². The summed E-state index contributed by atoms with van der Waals surface area (Å²) in [5, 5.41) is 7.19. The van der Waals surface area contributed by atoms with Gasteiger partial charge in [0.15, 0.2) is 0 Å². The molecule has 11 rings (SSSR count). The highest BCUT2D eigenvalue weighted by atomic mass is 32.1. The highest BCUT2D eigenvalue weighted by molar-refractivity contribution is 7.26. The molecule has 0 fully saturated rings. The molecule has 3 heteroatoms. The van der Waals surface area contributed by atoms with Gasteiger partial charge in [-0.15, -0.1) is 11.3 Å². The van der Waals surface area contributed by atoms with E-state index in [2.05, 4.69) is 193 Å². The number of benzene rings is 9. The maximum Gasteiger partial charge on any atom is 0.135 e. The number of rotatable bonds is 6. The maximum absolute atomic E-state index is 6.34. The molecule has 0 unspecified atom stereocenters. The average molecular weight is 720 g/mol. The summed E-state index contributed by atoms with van der Waals surface area (Å²) in [6, 6.07) is 72.4. The van der Waals surface area contributed by atoms with Gasteiger partial charge in [-0.1, -0.05) is 146 Å². The van der Waals surface area contributed by atoms with Gasteiger partial charge >= 0.3 is 0 Å². The molecular formula is C52H33NOS. The van der Waals surface area contributed by atoms with Gasteiger partial charge in [-0.25, -0.2) is 0 Å². The van der Waals surface area contributed by atoms with E-state index in [9.17, 15) is 0 Å².